The second-order valence-corrected chi connectivity index (χ2v) is 4.68. The van der Waals surface area contributed by atoms with Crippen molar-refractivity contribution in [2.24, 2.45) is 0 Å². The summed E-state index contributed by atoms with van der Waals surface area (Å²) in [7, 11) is 0. The molecule has 2 aromatic rings. The molecule has 3 nitrogen and oxygen atoms in total. The number of hydrogen-bond acceptors (Lipinski definition) is 3. The number of hydrogen-bond donors (Lipinski definition) is 1. The largest absolute Gasteiger partial charge is 0.399 e. The Morgan fingerprint density at radius 1 is 1.17 bits per heavy atom. The summed E-state index contributed by atoms with van der Waals surface area (Å²) < 4.78 is 13.1. The van der Waals surface area contributed by atoms with Gasteiger partial charge in [-0.1, -0.05) is 6.07 Å². The van der Waals surface area contributed by atoms with Gasteiger partial charge in [-0.15, -0.1) is 0 Å². The fourth-order valence-electron chi connectivity index (χ4n) is 2.40. The third kappa shape index (κ3) is 2.19. The molecule has 18 heavy (non-hydrogen) atoms. The molecule has 92 valence electrons. The van der Waals surface area contributed by atoms with Crippen LogP contribution in [-0.4, -0.2) is 9.88 Å². The molecule has 0 aliphatic carbocycles. The molecule has 0 saturated heterocycles. The number of nitrogens with zero attached hydrogens (tertiary/aromatic N) is 2. The van der Waals surface area contributed by atoms with Crippen LogP contribution in [-0.2, 0) is 19.6 Å². The molecule has 1 aromatic carbocycles. The Bertz CT molecular complexity index is 583. The molecule has 0 saturated carbocycles. The van der Waals surface area contributed by atoms with Crippen molar-refractivity contribution >= 4 is 5.69 Å². The van der Waals surface area contributed by atoms with Crippen molar-refractivity contribution in [3.05, 3.63) is 59.2 Å². The Labute approximate surface area is 105 Å². The number of rotatable bonds is 2. The van der Waals surface area contributed by atoms with Crippen molar-refractivity contribution in [3.63, 3.8) is 0 Å². The van der Waals surface area contributed by atoms with Crippen molar-refractivity contribution in [2.75, 3.05) is 5.73 Å². The van der Waals surface area contributed by atoms with Crippen molar-refractivity contribution in [3.8, 4) is 0 Å². The Hall–Kier alpha value is -1.94. The van der Waals surface area contributed by atoms with E-state index in [0.29, 0.717) is 6.54 Å². The van der Waals surface area contributed by atoms with Crippen LogP contribution in [0.3, 0.4) is 0 Å². The quantitative estimate of drug-likeness (QED) is 0.823. The van der Waals surface area contributed by atoms with E-state index in [-0.39, 0.29) is 5.82 Å². The highest BCUT2D eigenvalue weighted by atomic mass is 19.1. The summed E-state index contributed by atoms with van der Waals surface area (Å²) in [5.74, 6) is -0.284. The fourth-order valence-corrected chi connectivity index (χ4v) is 2.40. The second-order valence-electron chi connectivity index (χ2n) is 4.68. The zero-order valence-electron chi connectivity index (χ0n) is 9.94. The number of nitrogen functional groups attached to an aromatic ring is 1. The van der Waals surface area contributed by atoms with E-state index in [4.69, 9.17) is 5.73 Å². The Morgan fingerprint density at radius 2 is 2.00 bits per heavy atom. The maximum Gasteiger partial charge on any atom is 0.141 e. The summed E-state index contributed by atoms with van der Waals surface area (Å²) in [4.78, 5) is 6.12. The van der Waals surface area contributed by atoms with E-state index in [0.717, 1.165) is 24.3 Å². The summed E-state index contributed by atoms with van der Waals surface area (Å²) in [5.41, 5.74) is 10.0. The van der Waals surface area contributed by atoms with Crippen molar-refractivity contribution in [1.82, 2.24) is 9.88 Å². The van der Waals surface area contributed by atoms with Crippen LogP contribution < -0.4 is 5.73 Å². The lowest BCUT2D eigenvalue weighted by Crippen LogP contribution is -2.15. The topological polar surface area (TPSA) is 42.1 Å². The summed E-state index contributed by atoms with van der Waals surface area (Å²) in [6, 6.07) is 7.53. The highest BCUT2D eigenvalue weighted by Crippen LogP contribution is 2.25. The molecule has 0 unspecified atom stereocenters. The van der Waals surface area contributed by atoms with Gasteiger partial charge in [-0.2, -0.15) is 0 Å². The molecule has 0 spiro atoms. The predicted octanol–water partition coefficient (Wildman–Crippen LogP) is 2.32. The van der Waals surface area contributed by atoms with Gasteiger partial charge in [-0.05, 0) is 34.9 Å². The molecular weight excluding hydrogens is 229 g/mol. The van der Waals surface area contributed by atoms with Crippen LogP contribution in [0.15, 0.2) is 36.7 Å². The van der Waals surface area contributed by atoms with Crippen molar-refractivity contribution < 1.29 is 4.39 Å². The van der Waals surface area contributed by atoms with Crippen molar-refractivity contribution in [1.29, 1.82) is 0 Å². The van der Waals surface area contributed by atoms with E-state index in [9.17, 15) is 4.39 Å². The van der Waals surface area contributed by atoms with Crippen LogP contribution in [0.1, 0.15) is 16.7 Å². The maximum atomic E-state index is 13.1. The Morgan fingerprint density at radius 3 is 2.83 bits per heavy atom. The second kappa shape index (κ2) is 4.38. The van der Waals surface area contributed by atoms with Crippen LogP contribution in [0.25, 0.3) is 0 Å². The summed E-state index contributed by atoms with van der Waals surface area (Å²) >= 11 is 0. The van der Waals surface area contributed by atoms with E-state index >= 15 is 0 Å². The Kier molecular flexibility index (Phi) is 2.72. The number of anilines is 1. The van der Waals surface area contributed by atoms with Gasteiger partial charge in [0.15, 0.2) is 0 Å². The van der Waals surface area contributed by atoms with Gasteiger partial charge in [0, 0.05) is 31.5 Å². The summed E-state index contributed by atoms with van der Waals surface area (Å²) in [6.45, 7) is 2.45. The van der Waals surface area contributed by atoms with E-state index in [1.54, 1.807) is 6.20 Å². The molecular formula is C14H14FN3. The van der Waals surface area contributed by atoms with E-state index in [1.807, 2.05) is 12.1 Å². The van der Waals surface area contributed by atoms with Gasteiger partial charge >= 0.3 is 0 Å². The lowest BCUT2D eigenvalue weighted by atomic mass is 10.1. The van der Waals surface area contributed by atoms with Crippen LogP contribution in [0.5, 0.6) is 0 Å². The molecule has 2 heterocycles. The normalized spacial score (nSPS) is 14.7. The molecule has 0 radical (unpaired) electrons. The van der Waals surface area contributed by atoms with Gasteiger partial charge in [-0.3, -0.25) is 9.88 Å². The monoisotopic (exact) mass is 243 g/mol. The molecule has 0 amide bonds. The molecule has 1 aliphatic rings. The molecule has 2 N–H and O–H groups in total. The summed E-state index contributed by atoms with van der Waals surface area (Å²) in [5, 5.41) is 0. The number of halogens is 1. The smallest absolute Gasteiger partial charge is 0.141 e. The molecule has 0 atom stereocenters. The van der Waals surface area contributed by atoms with E-state index < -0.39 is 0 Å². The van der Waals surface area contributed by atoms with E-state index in [2.05, 4.69) is 16.0 Å². The first-order valence-corrected chi connectivity index (χ1v) is 5.90. The molecule has 0 bridgehead atoms. The molecule has 1 aliphatic heterocycles. The average Bonchev–Trinajstić information content (AvgIpc) is 2.70. The first kappa shape index (κ1) is 11.2. The summed E-state index contributed by atoms with van der Waals surface area (Å²) in [6.07, 6.45) is 2.93. The SMILES string of the molecule is Nc1ccc2c(c1)CN(Cc1cncc(F)c1)C2. The molecule has 3 rings (SSSR count). The highest BCUT2D eigenvalue weighted by molar-refractivity contribution is 5.46. The van der Waals surface area contributed by atoms with Gasteiger partial charge in [0.2, 0.25) is 0 Å². The number of fused-ring (bicyclic) bond motifs is 1. The minimum atomic E-state index is -0.284. The number of benzene rings is 1. The predicted molar refractivity (Wildman–Crippen MR) is 68.0 cm³/mol. The number of pyridine rings is 1. The van der Waals surface area contributed by atoms with Crippen LogP contribution in [0.2, 0.25) is 0 Å². The third-order valence-electron chi connectivity index (χ3n) is 3.19. The van der Waals surface area contributed by atoms with Gasteiger partial charge in [-0.25, -0.2) is 4.39 Å². The van der Waals surface area contributed by atoms with Gasteiger partial charge in [0.05, 0.1) is 6.20 Å². The number of nitrogens with two attached hydrogens (primary N) is 1. The van der Waals surface area contributed by atoms with Gasteiger partial charge in [0.1, 0.15) is 5.82 Å². The third-order valence-corrected chi connectivity index (χ3v) is 3.19. The highest BCUT2D eigenvalue weighted by Gasteiger charge is 2.19. The lowest BCUT2D eigenvalue weighted by molar-refractivity contribution is 0.275. The standard InChI is InChI=1S/C14H14FN3/c15-13-3-10(5-17-6-13)7-18-8-11-1-2-14(16)4-12(11)9-18/h1-6H,7-9,16H2. The molecule has 1 aromatic heterocycles. The number of aromatic nitrogens is 1. The molecule has 0 fully saturated rings. The minimum absolute atomic E-state index is 0.284. The first-order chi connectivity index (χ1) is 8.70. The van der Waals surface area contributed by atoms with Gasteiger partial charge < -0.3 is 5.73 Å². The van der Waals surface area contributed by atoms with Crippen LogP contribution in [0.4, 0.5) is 10.1 Å². The van der Waals surface area contributed by atoms with E-state index in [1.165, 1.54) is 23.4 Å². The average molecular weight is 243 g/mol. The van der Waals surface area contributed by atoms with Crippen LogP contribution >= 0.6 is 0 Å². The first-order valence-electron chi connectivity index (χ1n) is 5.90. The minimum Gasteiger partial charge on any atom is -0.399 e. The molecule has 4 heteroatoms. The Balaban J connectivity index is 1.74. The maximum absolute atomic E-state index is 13.1. The van der Waals surface area contributed by atoms with Crippen LogP contribution in [0, 0.1) is 5.82 Å². The lowest BCUT2D eigenvalue weighted by Gasteiger charge is -2.14. The zero-order valence-corrected chi connectivity index (χ0v) is 9.94. The fraction of sp³-hybridized carbons (Fsp3) is 0.214. The van der Waals surface area contributed by atoms with Gasteiger partial charge in [0.25, 0.3) is 0 Å². The zero-order chi connectivity index (χ0) is 12.5. The van der Waals surface area contributed by atoms with Crippen molar-refractivity contribution in [2.45, 2.75) is 19.6 Å².